The smallest absolute Gasteiger partial charge is 0.390 e. The largest absolute Gasteiger partial charge is 0.438 e. The van der Waals surface area contributed by atoms with Crippen LogP contribution in [0.4, 0.5) is 87.8 Å². The van der Waals surface area contributed by atoms with Crippen molar-refractivity contribution in [3.05, 3.63) is 0 Å². The van der Waals surface area contributed by atoms with Crippen LogP contribution in [0, 0.1) is 0 Å². The van der Waals surface area contributed by atoms with Crippen molar-refractivity contribution >= 4 is 0 Å². The van der Waals surface area contributed by atoms with E-state index < -0.39 is 72.8 Å². The van der Waals surface area contributed by atoms with Crippen molar-refractivity contribution < 1.29 is 92.9 Å². The molecule has 0 aliphatic heterocycles. The van der Waals surface area contributed by atoms with Crippen LogP contribution < -0.4 is 0 Å². The molecule has 0 rings (SSSR count). The molecule has 0 aliphatic rings. The zero-order valence-corrected chi connectivity index (χ0v) is 14.5. The highest BCUT2D eigenvalue weighted by atomic mass is 19.4. The van der Waals surface area contributed by atoms with Gasteiger partial charge < -0.3 is 5.11 Å². The molecule has 0 radical (unpaired) electrons. The van der Waals surface area contributed by atoms with Crippen molar-refractivity contribution in [1.29, 1.82) is 0 Å². The summed E-state index contributed by atoms with van der Waals surface area (Å²) in [4.78, 5) is 0. The second kappa shape index (κ2) is 8.06. The maximum Gasteiger partial charge on any atom is 0.438 e. The molecule has 1 nitrogen and oxygen atoms in total. The third-order valence-corrected chi connectivity index (χ3v) is 3.92. The third kappa shape index (κ3) is 4.14. The monoisotopic (exact) mass is 546 g/mol. The molecule has 1 unspecified atom stereocenters. The minimum atomic E-state index is -9.10. The van der Waals surface area contributed by atoms with Crippen LogP contribution in [0.1, 0.15) is 6.42 Å². The fraction of sp³-hybridized carbons (Fsp3) is 1.00. The summed E-state index contributed by atoms with van der Waals surface area (Å²) < 4.78 is 259. The summed E-state index contributed by atoms with van der Waals surface area (Å²) in [6.45, 7) is -2.50. The Bertz CT molecular complexity index is 672. The van der Waals surface area contributed by atoms with Gasteiger partial charge in [-0.2, -0.15) is 79.0 Å². The molecule has 21 heteroatoms. The predicted octanol–water partition coefficient (Wildman–Crippen LogP) is 6.35. The molecule has 1 atom stereocenters. The van der Waals surface area contributed by atoms with Crippen LogP contribution in [0.2, 0.25) is 0 Å². The second-order valence-corrected chi connectivity index (χ2v) is 6.24. The number of hydrogen-bond donors (Lipinski definition) is 1. The van der Waals surface area contributed by atoms with E-state index in [9.17, 15) is 87.8 Å². The molecule has 0 saturated carbocycles. The number of halogens is 20. The highest BCUT2D eigenvalue weighted by Crippen LogP contribution is 2.66. The molecule has 0 spiro atoms. The van der Waals surface area contributed by atoms with E-state index in [1.54, 1.807) is 0 Å². The summed E-state index contributed by atoms with van der Waals surface area (Å²) in [5.74, 6) is -50.8. The van der Waals surface area contributed by atoms with Crippen molar-refractivity contribution in [3.63, 3.8) is 0 Å². The van der Waals surface area contributed by atoms with E-state index in [2.05, 4.69) is 0 Å². The summed E-state index contributed by atoms with van der Waals surface area (Å²) >= 11 is 0. The minimum absolute atomic E-state index is 2.50. The molecule has 1 N–H and O–H groups in total. The maximum absolute atomic E-state index is 13.4. The molecule has 0 amide bonds. The Hall–Kier alpha value is -1.44. The molecule has 0 aromatic carbocycles. The SMILES string of the molecule is OC(CF)CC(F)(F)C(F)(F)C(F)(F)C(F)(F)C(F)(F)C(F)(F)C(F)(C(F)(F)F)C(F)(F)F. The summed E-state index contributed by atoms with van der Waals surface area (Å²) in [5.41, 5.74) is -8.79. The Kier molecular flexibility index (Phi) is 7.71. The average Bonchev–Trinajstić information content (AvgIpc) is 2.57. The number of aliphatic hydroxyl groups excluding tert-OH is 1. The molecular formula is C12H6F20O. The number of aliphatic hydroxyl groups is 1. The topological polar surface area (TPSA) is 20.2 Å². The van der Waals surface area contributed by atoms with Crippen molar-refractivity contribution in [3.8, 4) is 0 Å². The van der Waals surface area contributed by atoms with Gasteiger partial charge in [-0.25, -0.2) is 8.78 Å². The number of alkyl halides is 20. The van der Waals surface area contributed by atoms with Gasteiger partial charge in [-0.1, -0.05) is 0 Å². The standard InChI is InChI=1S/C12H6F20O/c13-2-3(33)1-4(14,15)6(17,18)8(21,22)10(25,26)9(23,24)7(19,20)5(16,11(27,28)29)12(30,31)32/h3,33H,1-2H2. The van der Waals surface area contributed by atoms with Gasteiger partial charge >= 0.3 is 53.6 Å². The Morgan fingerprint density at radius 2 is 0.727 bits per heavy atom. The molecule has 0 bridgehead atoms. The van der Waals surface area contributed by atoms with Crippen molar-refractivity contribution in [2.24, 2.45) is 0 Å². The predicted molar refractivity (Wildman–Crippen MR) is 62.2 cm³/mol. The van der Waals surface area contributed by atoms with Gasteiger partial charge in [0.25, 0.3) is 0 Å². The van der Waals surface area contributed by atoms with Crippen molar-refractivity contribution in [2.45, 2.75) is 66.1 Å². The molecule has 0 saturated heterocycles. The first kappa shape index (κ1) is 31.6. The minimum Gasteiger partial charge on any atom is -0.390 e. The summed E-state index contributed by atoms with van der Waals surface area (Å²) in [7, 11) is 0. The van der Waals surface area contributed by atoms with E-state index in [0.29, 0.717) is 0 Å². The van der Waals surface area contributed by atoms with E-state index in [0.717, 1.165) is 0 Å². The fourth-order valence-electron chi connectivity index (χ4n) is 2.03. The van der Waals surface area contributed by atoms with Gasteiger partial charge in [0.15, 0.2) is 0 Å². The highest BCUT2D eigenvalue weighted by Gasteiger charge is 2.98. The lowest BCUT2D eigenvalue weighted by molar-refractivity contribution is -0.472. The molecule has 200 valence electrons. The molecule has 0 aromatic heterocycles. The normalized spacial score (nSPS) is 17.4. The lowest BCUT2D eigenvalue weighted by Gasteiger charge is -2.45. The van der Waals surface area contributed by atoms with E-state index in [1.807, 2.05) is 0 Å². The molecule has 0 aromatic rings. The van der Waals surface area contributed by atoms with Gasteiger partial charge in [-0.15, -0.1) is 0 Å². The molecular weight excluding hydrogens is 540 g/mol. The van der Waals surface area contributed by atoms with Gasteiger partial charge in [-0.3, -0.25) is 0 Å². The van der Waals surface area contributed by atoms with Gasteiger partial charge in [0.1, 0.15) is 6.67 Å². The summed E-state index contributed by atoms with van der Waals surface area (Å²) in [6, 6.07) is 0. The highest BCUT2D eigenvalue weighted by molar-refractivity contribution is 5.19. The van der Waals surface area contributed by atoms with Crippen molar-refractivity contribution in [2.75, 3.05) is 6.67 Å². The number of hydrogen-bond acceptors (Lipinski definition) is 1. The number of rotatable bonds is 9. The van der Waals surface area contributed by atoms with Gasteiger partial charge in [0.05, 0.1) is 6.10 Å². The van der Waals surface area contributed by atoms with Crippen LogP contribution in [0.5, 0.6) is 0 Å². The molecule has 33 heavy (non-hydrogen) atoms. The maximum atomic E-state index is 13.4. The van der Waals surface area contributed by atoms with Crippen LogP contribution >= 0.6 is 0 Å². The third-order valence-electron chi connectivity index (χ3n) is 3.92. The lowest BCUT2D eigenvalue weighted by Crippen LogP contribution is -2.77. The summed E-state index contributed by atoms with van der Waals surface area (Å²) in [5, 5.41) is 8.41. The van der Waals surface area contributed by atoms with Gasteiger partial charge in [0, 0.05) is 6.42 Å². The van der Waals surface area contributed by atoms with Crippen molar-refractivity contribution in [1.82, 2.24) is 0 Å². The first-order chi connectivity index (χ1) is 14.0. The van der Waals surface area contributed by atoms with Gasteiger partial charge in [0.2, 0.25) is 0 Å². The first-order valence-electron chi connectivity index (χ1n) is 7.29. The van der Waals surface area contributed by atoms with Crippen LogP contribution in [-0.4, -0.2) is 71.4 Å². The second-order valence-electron chi connectivity index (χ2n) is 6.24. The van der Waals surface area contributed by atoms with E-state index in [4.69, 9.17) is 5.11 Å². The Morgan fingerprint density at radius 3 is 1.00 bits per heavy atom. The fourth-order valence-corrected chi connectivity index (χ4v) is 2.03. The zero-order valence-electron chi connectivity index (χ0n) is 14.5. The average molecular weight is 546 g/mol. The van der Waals surface area contributed by atoms with Crippen LogP contribution in [0.3, 0.4) is 0 Å². The molecule has 0 aliphatic carbocycles. The molecule has 0 heterocycles. The van der Waals surface area contributed by atoms with E-state index in [1.165, 1.54) is 0 Å². The van der Waals surface area contributed by atoms with Crippen LogP contribution in [0.15, 0.2) is 0 Å². The van der Waals surface area contributed by atoms with Crippen LogP contribution in [0.25, 0.3) is 0 Å². The lowest BCUT2D eigenvalue weighted by atomic mass is 9.83. The summed E-state index contributed by atoms with van der Waals surface area (Å²) in [6.07, 6.45) is -23.4. The zero-order chi connectivity index (χ0) is 27.5. The van der Waals surface area contributed by atoms with Crippen LogP contribution in [-0.2, 0) is 0 Å². The molecule has 0 fully saturated rings. The van der Waals surface area contributed by atoms with E-state index >= 15 is 0 Å². The van der Waals surface area contributed by atoms with Gasteiger partial charge in [-0.05, 0) is 0 Å². The Labute approximate surface area is 167 Å². The first-order valence-corrected chi connectivity index (χ1v) is 7.29. The Morgan fingerprint density at radius 1 is 0.455 bits per heavy atom. The Balaban J connectivity index is 7.00. The quantitative estimate of drug-likeness (QED) is 0.335. The van der Waals surface area contributed by atoms with E-state index in [-0.39, 0.29) is 0 Å².